The highest BCUT2D eigenvalue weighted by Crippen LogP contribution is 2.41. The first-order chi connectivity index (χ1) is 10.3. The van der Waals surface area contributed by atoms with Gasteiger partial charge in [0.2, 0.25) is 0 Å². The number of hydrazone groups is 1. The van der Waals surface area contributed by atoms with Gasteiger partial charge in [-0.25, -0.2) is 0 Å². The summed E-state index contributed by atoms with van der Waals surface area (Å²) in [4.78, 5) is 0.0580. The van der Waals surface area contributed by atoms with E-state index in [2.05, 4.69) is 5.10 Å². The van der Waals surface area contributed by atoms with Crippen molar-refractivity contribution in [3.05, 3.63) is 0 Å². The lowest BCUT2D eigenvalue weighted by atomic mass is 10.1. The zero-order valence-corrected chi connectivity index (χ0v) is 13.0. The van der Waals surface area contributed by atoms with Gasteiger partial charge < -0.3 is 0 Å². The number of hydrogen-bond donors (Lipinski definition) is 0. The SMILES string of the molecule is CCCCCCN1N=CN(C(F)(F)C(F)(F)F)C1CCCC. The fourth-order valence-electron chi connectivity index (χ4n) is 2.41. The number of alkyl halides is 5. The summed E-state index contributed by atoms with van der Waals surface area (Å²) in [5.41, 5.74) is 0. The standard InChI is InChI=1S/C14H24F5N3/c1-3-5-7-8-10-22-12(9-6-4-2)21(11-20-22)14(18,19)13(15,16)17/h11-12H,3-10H2,1-2H3. The zero-order valence-electron chi connectivity index (χ0n) is 13.0. The first-order valence-corrected chi connectivity index (χ1v) is 7.79. The maximum atomic E-state index is 13.6. The van der Waals surface area contributed by atoms with Crippen LogP contribution in [0.1, 0.15) is 58.8 Å². The molecule has 0 aromatic rings. The molecule has 0 aliphatic carbocycles. The average Bonchev–Trinajstić information content (AvgIpc) is 2.83. The molecule has 130 valence electrons. The third-order valence-corrected chi connectivity index (χ3v) is 3.71. The molecule has 0 radical (unpaired) electrons. The van der Waals surface area contributed by atoms with Gasteiger partial charge in [0.05, 0.1) is 0 Å². The van der Waals surface area contributed by atoms with E-state index in [1.54, 1.807) is 0 Å². The molecule has 0 spiro atoms. The van der Waals surface area contributed by atoms with Crippen LogP contribution in [0.25, 0.3) is 0 Å². The van der Waals surface area contributed by atoms with E-state index in [-0.39, 0.29) is 11.3 Å². The summed E-state index contributed by atoms with van der Waals surface area (Å²) in [6, 6.07) is -4.90. The average molecular weight is 329 g/mol. The van der Waals surface area contributed by atoms with Gasteiger partial charge >= 0.3 is 12.2 Å². The van der Waals surface area contributed by atoms with Crippen molar-refractivity contribution in [3.63, 3.8) is 0 Å². The van der Waals surface area contributed by atoms with Crippen molar-refractivity contribution in [1.82, 2.24) is 9.91 Å². The Bertz CT molecular complexity index is 357. The molecule has 3 nitrogen and oxygen atoms in total. The van der Waals surface area contributed by atoms with Crippen molar-refractivity contribution in [3.8, 4) is 0 Å². The molecular weight excluding hydrogens is 305 g/mol. The topological polar surface area (TPSA) is 18.8 Å². The van der Waals surface area contributed by atoms with Crippen LogP contribution in [0.15, 0.2) is 5.10 Å². The largest absolute Gasteiger partial charge is 0.475 e. The Balaban J connectivity index is 2.75. The van der Waals surface area contributed by atoms with Crippen molar-refractivity contribution in [2.45, 2.75) is 77.2 Å². The monoisotopic (exact) mass is 329 g/mol. The van der Waals surface area contributed by atoms with E-state index < -0.39 is 18.4 Å². The molecule has 0 fully saturated rings. The van der Waals surface area contributed by atoms with Crippen LogP contribution < -0.4 is 0 Å². The molecule has 1 aliphatic heterocycles. The van der Waals surface area contributed by atoms with Gasteiger partial charge in [-0.1, -0.05) is 39.5 Å². The van der Waals surface area contributed by atoms with Crippen LogP contribution in [0.5, 0.6) is 0 Å². The Hall–Kier alpha value is -1.08. The molecule has 1 unspecified atom stereocenters. The maximum Gasteiger partial charge on any atom is 0.475 e. The number of unbranched alkanes of at least 4 members (excludes halogenated alkanes) is 4. The minimum absolute atomic E-state index is 0.0580. The third kappa shape index (κ3) is 4.46. The van der Waals surface area contributed by atoms with Crippen LogP contribution in [-0.2, 0) is 0 Å². The zero-order chi connectivity index (χ0) is 16.8. The van der Waals surface area contributed by atoms with Gasteiger partial charge in [0.15, 0.2) is 0 Å². The summed E-state index contributed by atoms with van der Waals surface area (Å²) in [6.07, 6.45) is -0.780. The van der Waals surface area contributed by atoms with Crippen LogP contribution in [0.4, 0.5) is 22.0 Å². The molecule has 0 aromatic heterocycles. The van der Waals surface area contributed by atoms with Crippen LogP contribution in [0, 0.1) is 0 Å². The first-order valence-electron chi connectivity index (χ1n) is 7.79. The predicted molar refractivity (Wildman–Crippen MR) is 75.5 cm³/mol. The van der Waals surface area contributed by atoms with Gasteiger partial charge in [-0.2, -0.15) is 27.1 Å². The van der Waals surface area contributed by atoms with Gasteiger partial charge in [-0.05, 0) is 19.3 Å². The maximum absolute atomic E-state index is 13.6. The molecule has 0 aromatic carbocycles. The highest BCUT2D eigenvalue weighted by atomic mass is 19.4. The molecule has 0 saturated carbocycles. The predicted octanol–water partition coefficient (Wildman–Crippen LogP) is 4.80. The van der Waals surface area contributed by atoms with Crippen molar-refractivity contribution < 1.29 is 22.0 Å². The summed E-state index contributed by atoms with van der Waals surface area (Å²) in [5, 5.41) is 5.15. The van der Waals surface area contributed by atoms with Crippen LogP contribution in [0.3, 0.4) is 0 Å². The summed E-state index contributed by atoms with van der Waals surface area (Å²) in [7, 11) is 0. The molecule has 1 heterocycles. The number of rotatable bonds is 9. The number of halogens is 5. The molecule has 22 heavy (non-hydrogen) atoms. The van der Waals surface area contributed by atoms with Crippen molar-refractivity contribution in [1.29, 1.82) is 0 Å². The Morgan fingerprint density at radius 1 is 0.955 bits per heavy atom. The molecule has 0 saturated heterocycles. The van der Waals surface area contributed by atoms with Crippen molar-refractivity contribution in [2.75, 3.05) is 6.54 Å². The number of hydrogen-bond acceptors (Lipinski definition) is 3. The molecule has 1 atom stereocenters. The molecule has 1 rings (SSSR count). The van der Waals surface area contributed by atoms with Gasteiger partial charge in [0.1, 0.15) is 12.5 Å². The number of nitrogens with zero attached hydrogens (tertiary/aromatic N) is 3. The minimum Gasteiger partial charge on any atom is -0.273 e. The van der Waals surface area contributed by atoms with E-state index in [1.807, 2.05) is 13.8 Å². The van der Waals surface area contributed by atoms with Crippen molar-refractivity contribution >= 4 is 6.34 Å². The Morgan fingerprint density at radius 2 is 1.59 bits per heavy atom. The summed E-state index contributed by atoms with van der Waals surface area (Å²) >= 11 is 0. The molecular formula is C14H24F5N3. The first kappa shape index (κ1) is 19.0. The van der Waals surface area contributed by atoms with E-state index in [4.69, 9.17) is 0 Å². The lowest BCUT2D eigenvalue weighted by Crippen LogP contribution is -2.56. The quantitative estimate of drug-likeness (QED) is 0.344. The second kappa shape index (κ2) is 7.97. The molecule has 0 bridgehead atoms. The van der Waals surface area contributed by atoms with E-state index in [0.717, 1.165) is 32.1 Å². The van der Waals surface area contributed by atoms with E-state index >= 15 is 0 Å². The fourth-order valence-corrected chi connectivity index (χ4v) is 2.41. The molecule has 8 heteroatoms. The summed E-state index contributed by atoms with van der Waals surface area (Å²) < 4.78 is 65.0. The summed E-state index contributed by atoms with van der Waals surface area (Å²) in [5.74, 6) is 0. The van der Waals surface area contributed by atoms with Crippen molar-refractivity contribution in [2.24, 2.45) is 5.10 Å². The lowest BCUT2D eigenvalue weighted by Gasteiger charge is -2.36. The van der Waals surface area contributed by atoms with E-state index in [1.165, 1.54) is 5.01 Å². The van der Waals surface area contributed by atoms with Crippen LogP contribution in [-0.4, -0.2) is 41.2 Å². The lowest BCUT2D eigenvalue weighted by molar-refractivity contribution is -0.334. The Labute approximate surface area is 128 Å². The Morgan fingerprint density at radius 3 is 2.14 bits per heavy atom. The minimum atomic E-state index is -5.61. The molecule has 1 aliphatic rings. The van der Waals surface area contributed by atoms with Crippen LogP contribution in [0.2, 0.25) is 0 Å². The Kier molecular flexibility index (Phi) is 6.87. The summed E-state index contributed by atoms with van der Waals surface area (Å²) in [6.45, 7) is 4.31. The highest BCUT2D eigenvalue weighted by molar-refractivity contribution is 5.58. The second-order valence-corrected chi connectivity index (χ2v) is 5.52. The van der Waals surface area contributed by atoms with Crippen LogP contribution >= 0.6 is 0 Å². The van der Waals surface area contributed by atoms with Gasteiger partial charge in [-0.15, -0.1) is 0 Å². The van der Waals surface area contributed by atoms with Gasteiger partial charge in [0, 0.05) is 6.54 Å². The highest BCUT2D eigenvalue weighted by Gasteiger charge is 2.64. The van der Waals surface area contributed by atoms with Gasteiger partial charge in [-0.3, -0.25) is 9.91 Å². The van der Waals surface area contributed by atoms with E-state index in [0.29, 0.717) is 19.3 Å². The smallest absolute Gasteiger partial charge is 0.273 e. The molecule has 0 N–H and O–H groups in total. The normalized spacial score (nSPS) is 19.3. The van der Waals surface area contributed by atoms with Gasteiger partial charge in [0.25, 0.3) is 0 Å². The third-order valence-electron chi connectivity index (χ3n) is 3.71. The second-order valence-electron chi connectivity index (χ2n) is 5.52. The molecule has 0 amide bonds. The fraction of sp³-hybridized carbons (Fsp3) is 0.929. The van der Waals surface area contributed by atoms with E-state index in [9.17, 15) is 22.0 Å².